The molecule has 154 valence electrons. The monoisotopic (exact) mass is 471 g/mol. The molecule has 3 aromatic heterocycles. The molecule has 0 spiro atoms. The second-order valence-corrected chi connectivity index (χ2v) is 8.25. The van der Waals surface area contributed by atoms with Crippen LogP contribution >= 0.6 is 15.9 Å². The van der Waals surface area contributed by atoms with Crippen molar-refractivity contribution in [3.63, 3.8) is 0 Å². The van der Waals surface area contributed by atoms with Gasteiger partial charge in [0.1, 0.15) is 0 Å². The number of hydrogen-bond donors (Lipinski definition) is 0. The van der Waals surface area contributed by atoms with Crippen LogP contribution in [0.4, 0.5) is 4.39 Å². The van der Waals surface area contributed by atoms with Gasteiger partial charge in [0.15, 0.2) is 5.82 Å². The number of imidazole rings is 1. The fourth-order valence-electron chi connectivity index (χ4n) is 3.63. The van der Waals surface area contributed by atoms with Crippen molar-refractivity contribution >= 4 is 37.9 Å². The highest BCUT2D eigenvalue weighted by Crippen LogP contribution is 2.36. The molecule has 9 heteroatoms. The Balaban J connectivity index is 1.60. The van der Waals surface area contributed by atoms with Crippen LogP contribution in [0.3, 0.4) is 0 Å². The molecule has 0 radical (unpaired) electrons. The number of pyridine rings is 1. The van der Waals surface area contributed by atoms with Crippen molar-refractivity contribution in [1.82, 2.24) is 24.1 Å². The van der Waals surface area contributed by atoms with Crippen LogP contribution in [0.1, 0.15) is 31.1 Å². The molecule has 0 aliphatic heterocycles. The zero-order chi connectivity index (χ0) is 20.7. The third-order valence-corrected chi connectivity index (χ3v) is 5.66. The van der Waals surface area contributed by atoms with Gasteiger partial charge in [0, 0.05) is 23.1 Å². The number of benzene rings is 1. The molecule has 1 fully saturated rings. The summed E-state index contributed by atoms with van der Waals surface area (Å²) in [7, 11) is 0. The first-order valence-electron chi connectivity index (χ1n) is 9.85. The average Bonchev–Trinajstić information content (AvgIpc) is 3.53. The highest BCUT2D eigenvalue weighted by molar-refractivity contribution is 9.10. The molecule has 1 aliphatic carbocycles. The largest absolute Gasteiger partial charge is 0.477 e. The molecular weight excluding hydrogens is 453 g/mol. The smallest absolute Gasteiger partial charge is 0.329 e. The Morgan fingerprint density at radius 3 is 2.87 bits per heavy atom. The minimum atomic E-state index is -0.454. The van der Waals surface area contributed by atoms with Crippen molar-refractivity contribution in [3.8, 4) is 5.88 Å². The van der Waals surface area contributed by atoms with Gasteiger partial charge < -0.3 is 4.74 Å². The van der Waals surface area contributed by atoms with Crippen LogP contribution in [0.25, 0.3) is 21.9 Å². The van der Waals surface area contributed by atoms with Gasteiger partial charge in [0.25, 0.3) is 0 Å². The van der Waals surface area contributed by atoms with Crippen LogP contribution in [0.5, 0.6) is 5.88 Å². The standard InChI is InChI=1S/C21H19BrFN5O2/c22-13-2-5-15-16(10-13)25-19(26-20(15)30-9-1-7-23)12-27-18-11-24-8-6-17(18)28(21(27)29)14-3-4-14/h2,5-6,8,10-11,14H,1,3-4,7,9,12H2. The van der Waals surface area contributed by atoms with E-state index in [1.165, 1.54) is 0 Å². The summed E-state index contributed by atoms with van der Waals surface area (Å²) in [5.74, 6) is 0.852. The lowest BCUT2D eigenvalue weighted by Gasteiger charge is -2.10. The van der Waals surface area contributed by atoms with E-state index in [1.54, 1.807) is 17.0 Å². The minimum absolute atomic E-state index is 0.0849. The van der Waals surface area contributed by atoms with Gasteiger partial charge in [-0.1, -0.05) is 15.9 Å². The maximum Gasteiger partial charge on any atom is 0.329 e. The summed E-state index contributed by atoms with van der Waals surface area (Å²) in [6, 6.07) is 7.74. The molecule has 0 bridgehead atoms. The van der Waals surface area contributed by atoms with Crippen LogP contribution in [0.15, 0.2) is 45.9 Å². The molecule has 1 aromatic carbocycles. The average molecular weight is 472 g/mol. The van der Waals surface area contributed by atoms with Gasteiger partial charge in [-0.05, 0) is 37.1 Å². The van der Waals surface area contributed by atoms with E-state index in [4.69, 9.17) is 4.74 Å². The molecule has 4 aromatic rings. The molecule has 0 unspecified atom stereocenters. The zero-order valence-corrected chi connectivity index (χ0v) is 17.7. The second-order valence-electron chi connectivity index (χ2n) is 7.33. The van der Waals surface area contributed by atoms with E-state index in [-0.39, 0.29) is 31.3 Å². The maximum absolute atomic E-state index is 13.1. The minimum Gasteiger partial charge on any atom is -0.477 e. The Morgan fingerprint density at radius 1 is 1.20 bits per heavy atom. The normalized spacial score (nSPS) is 13.9. The third kappa shape index (κ3) is 3.47. The van der Waals surface area contributed by atoms with Gasteiger partial charge in [-0.25, -0.2) is 9.78 Å². The van der Waals surface area contributed by atoms with E-state index >= 15 is 0 Å². The number of ether oxygens (including phenoxy) is 1. The molecular formula is C21H19BrFN5O2. The first-order chi connectivity index (χ1) is 14.7. The summed E-state index contributed by atoms with van der Waals surface area (Å²) in [4.78, 5) is 26.6. The SMILES string of the molecule is O=c1n(Cc2nc(OCCCF)c3ccc(Br)cc3n2)c2cnccc2n1C1CC1. The maximum atomic E-state index is 13.1. The number of nitrogens with zero attached hydrogens (tertiary/aromatic N) is 5. The summed E-state index contributed by atoms with van der Waals surface area (Å²) in [6.07, 6.45) is 5.71. The topological polar surface area (TPSA) is 74.8 Å². The Hall–Kier alpha value is -2.81. The highest BCUT2D eigenvalue weighted by atomic mass is 79.9. The number of fused-ring (bicyclic) bond motifs is 2. The Morgan fingerprint density at radius 2 is 2.07 bits per heavy atom. The van der Waals surface area contributed by atoms with E-state index < -0.39 is 6.67 Å². The summed E-state index contributed by atoms with van der Waals surface area (Å²) in [5.41, 5.74) is 2.24. The summed E-state index contributed by atoms with van der Waals surface area (Å²) >= 11 is 3.46. The van der Waals surface area contributed by atoms with Crippen LogP contribution in [0, 0.1) is 0 Å². The number of rotatable bonds is 7. The molecule has 0 amide bonds. The Kier molecular flexibility index (Phi) is 4.98. The predicted octanol–water partition coefficient (Wildman–Crippen LogP) is 4.03. The van der Waals surface area contributed by atoms with E-state index in [2.05, 4.69) is 30.9 Å². The molecule has 1 saturated carbocycles. The molecule has 0 N–H and O–H groups in total. The van der Waals surface area contributed by atoms with Gasteiger partial charge in [0.2, 0.25) is 5.88 Å². The molecule has 3 heterocycles. The molecule has 1 aliphatic rings. The molecule has 7 nitrogen and oxygen atoms in total. The van der Waals surface area contributed by atoms with Gasteiger partial charge in [-0.15, -0.1) is 0 Å². The molecule has 0 saturated heterocycles. The number of hydrogen-bond acceptors (Lipinski definition) is 5. The lowest BCUT2D eigenvalue weighted by Crippen LogP contribution is -2.25. The van der Waals surface area contributed by atoms with Crippen molar-refractivity contribution in [2.45, 2.75) is 31.8 Å². The van der Waals surface area contributed by atoms with Crippen molar-refractivity contribution in [1.29, 1.82) is 0 Å². The van der Waals surface area contributed by atoms with Crippen LogP contribution < -0.4 is 10.4 Å². The highest BCUT2D eigenvalue weighted by Gasteiger charge is 2.29. The fourth-order valence-corrected chi connectivity index (χ4v) is 3.98. The van der Waals surface area contributed by atoms with E-state index in [9.17, 15) is 9.18 Å². The first kappa shape index (κ1) is 19.2. The quantitative estimate of drug-likeness (QED) is 0.380. The van der Waals surface area contributed by atoms with Gasteiger partial charge >= 0.3 is 5.69 Å². The van der Waals surface area contributed by atoms with E-state index in [1.807, 2.05) is 28.8 Å². The van der Waals surface area contributed by atoms with Crippen molar-refractivity contribution < 1.29 is 9.13 Å². The summed E-state index contributed by atoms with van der Waals surface area (Å²) in [6.45, 7) is -0.0316. The number of alkyl halides is 1. The fraction of sp³-hybridized carbons (Fsp3) is 0.333. The van der Waals surface area contributed by atoms with Gasteiger partial charge in [-0.2, -0.15) is 4.98 Å². The van der Waals surface area contributed by atoms with Crippen LogP contribution in [-0.4, -0.2) is 37.4 Å². The third-order valence-electron chi connectivity index (χ3n) is 5.16. The lowest BCUT2D eigenvalue weighted by molar-refractivity contribution is 0.282. The Bertz CT molecular complexity index is 1300. The van der Waals surface area contributed by atoms with E-state index in [0.29, 0.717) is 17.2 Å². The van der Waals surface area contributed by atoms with Gasteiger partial charge in [0.05, 0.1) is 48.0 Å². The first-order valence-corrected chi connectivity index (χ1v) is 10.6. The summed E-state index contributed by atoms with van der Waals surface area (Å²) in [5, 5.41) is 0.746. The van der Waals surface area contributed by atoms with Gasteiger partial charge in [-0.3, -0.25) is 18.5 Å². The van der Waals surface area contributed by atoms with Crippen molar-refractivity contribution in [2.24, 2.45) is 0 Å². The zero-order valence-electron chi connectivity index (χ0n) is 16.1. The molecule has 30 heavy (non-hydrogen) atoms. The number of halogens is 2. The lowest BCUT2D eigenvalue weighted by atomic mass is 10.2. The van der Waals surface area contributed by atoms with Crippen molar-refractivity contribution in [3.05, 3.63) is 57.4 Å². The summed E-state index contributed by atoms with van der Waals surface area (Å²) < 4.78 is 22.6. The van der Waals surface area contributed by atoms with Crippen LogP contribution in [-0.2, 0) is 6.54 Å². The predicted molar refractivity (Wildman–Crippen MR) is 115 cm³/mol. The molecule has 0 atom stereocenters. The number of aromatic nitrogens is 5. The molecule has 5 rings (SSSR count). The van der Waals surface area contributed by atoms with Crippen LogP contribution in [0.2, 0.25) is 0 Å². The van der Waals surface area contributed by atoms with Crippen molar-refractivity contribution in [2.75, 3.05) is 13.3 Å². The van der Waals surface area contributed by atoms with E-state index in [0.717, 1.165) is 33.7 Å². The second kappa shape index (κ2) is 7.79. The Labute approximate surface area is 179 Å².